The van der Waals surface area contributed by atoms with Crippen molar-refractivity contribution in [1.29, 1.82) is 5.26 Å². The van der Waals surface area contributed by atoms with Crippen LogP contribution in [0, 0.1) is 11.3 Å². The fourth-order valence-corrected chi connectivity index (χ4v) is 4.12. The summed E-state index contributed by atoms with van der Waals surface area (Å²) in [5.41, 5.74) is 4.04. The molecule has 3 heterocycles. The standard InChI is InChI=1S/C27H22N2O5/c1-16(30)17-2-4-22(24(31)13-17)26-14-23-27(34-26)21(6-9-29-23)18-3-5-25(19(12-18)15-28)33-20-7-10-32-11-8-20/h2-6,9,12-14,20,31H,7-8,10-11H2,1H3. The van der Waals surface area contributed by atoms with Crippen molar-refractivity contribution in [3.8, 4) is 40.0 Å². The minimum atomic E-state index is -0.132. The summed E-state index contributed by atoms with van der Waals surface area (Å²) in [6.45, 7) is 2.77. The van der Waals surface area contributed by atoms with E-state index >= 15 is 0 Å². The van der Waals surface area contributed by atoms with Crippen LogP contribution in [0.2, 0.25) is 0 Å². The number of phenolic OH excluding ortho intramolecular Hbond substituents is 1. The Morgan fingerprint density at radius 2 is 1.94 bits per heavy atom. The Balaban J connectivity index is 1.51. The van der Waals surface area contributed by atoms with Crippen molar-refractivity contribution in [2.45, 2.75) is 25.9 Å². The van der Waals surface area contributed by atoms with Crippen LogP contribution in [0.5, 0.6) is 11.5 Å². The molecule has 0 bridgehead atoms. The lowest BCUT2D eigenvalue weighted by molar-refractivity contribution is 0.0254. The molecule has 4 aromatic rings. The first-order chi connectivity index (χ1) is 16.5. The highest BCUT2D eigenvalue weighted by atomic mass is 16.5. The number of carbonyl (C=O) groups excluding carboxylic acids is 1. The second-order valence-electron chi connectivity index (χ2n) is 8.22. The predicted octanol–water partition coefficient (Wildman–Crippen LogP) is 5.50. The smallest absolute Gasteiger partial charge is 0.161 e. The summed E-state index contributed by atoms with van der Waals surface area (Å²) in [4.78, 5) is 16.0. The van der Waals surface area contributed by atoms with Gasteiger partial charge in [-0.3, -0.25) is 9.78 Å². The van der Waals surface area contributed by atoms with Gasteiger partial charge in [0, 0.05) is 36.2 Å². The first kappa shape index (κ1) is 21.7. The van der Waals surface area contributed by atoms with Gasteiger partial charge in [-0.25, -0.2) is 0 Å². The lowest BCUT2D eigenvalue weighted by Crippen LogP contribution is -2.26. The molecule has 34 heavy (non-hydrogen) atoms. The van der Waals surface area contributed by atoms with Crippen molar-refractivity contribution in [3.05, 3.63) is 65.9 Å². The van der Waals surface area contributed by atoms with Crippen LogP contribution in [-0.4, -0.2) is 35.2 Å². The fourth-order valence-electron chi connectivity index (χ4n) is 4.12. The number of ketones is 1. The molecule has 2 aromatic carbocycles. The van der Waals surface area contributed by atoms with Crippen LogP contribution >= 0.6 is 0 Å². The number of phenols is 1. The van der Waals surface area contributed by atoms with Crippen molar-refractivity contribution in [2.24, 2.45) is 0 Å². The lowest BCUT2D eigenvalue weighted by atomic mass is 10.0. The Morgan fingerprint density at radius 1 is 1.12 bits per heavy atom. The highest BCUT2D eigenvalue weighted by molar-refractivity contribution is 5.96. The van der Waals surface area contributed by atoms with E-state index in [0.717, 1.165) is 24.0 Å². The van der Waals surface area contributed by atoms with Crippen molar-refractivity contribution in [3.63, 3.8) is 0 Å². The summed E-state index contributed by atoms with van der Waals surface area (Å²) < 4.78 is 17.6. The van der Waals surface area contributed by atoms with Gasteiger partial charge in [-0.2, -0.15) is 5.26 Å². The van der Waals surface area contributed by atoms with E-state index in [4.69, 9.17) is 13.9 Å². The van der Waals surface area contributed by atoms with Crippen LogP contribution in [0.4, 0.5) is 0 Å². The molecule has 0 unspecified atom stereocenters. The molecule has 1 aliphatic rings. The van der Waals surface area contributed by atoms with E-state index in [1.807, 2.05) is 18.2 Å². The average molecular weight is 454 g/mol. The van der Waals surface area contributed by atoms with Crippen LogP contribution in [0.1, 0.15) is 35.7 Å². The van der Waals surface area contributed by atoms with Gasteiger partial charge in [-0.05, 0) is 42.8 Å². The minimum absolute atomic E-state index is 0.0361. The summed E-state index contributed by atoms with van der Waals surface area (Å²) in [5, 5.41) is 20.2. The quantitative estimate of drug-likeness (QED) is 0.397. The maximum absolute atomic E-state index is 11.6. The van der Waals surface area contributed by atoms with E-state index in [1.165, 1.54) is 13.0 Å². The summed E-state index contributed by atoms with van der Waals surface area (Å²) in [7, 11) is 0. The van der Waals surface area contributed by atoms with Crippen LogP contribution in [0.25, 0.3) is 33.6 Å². The van der Waals surface area contributed by atoms with E-state index < -0.39 is 0 Å². The maximum Gasteiger partial charge on any atom is 0.161 e. The Hall–Kier alpha value is -4.15. The van der Waals surface area contributed by atoms with Gasteiger partial charge in [-0.1, -0.05) is 12.1 Å². The zero-order valence-corrected chi connectivity index (χ0v) is 18.6. The molecule has 0 spiro atoms. The number of benzene rings is 2. The molecule has 0 saturated carbocycles. The number of Topliss-reactive ketones (excluding diaryl/α,β-unsaturated/α-hetero) is 1. The van der Waals surface area contributed by atoms with Gasteiger partial charge in [-0.15, -0.1) is 0 Å². The number of hydrogen-bond donors (Lipinski definition) is 1. The Kier molecular flexibility index (Phi) is 5.74. The number of carbonyl (C=O) groups is 1. The SMILES string of the molecule is CC(=O)c1ccc(-c2cc3nccc(-c4ccc(OC5CCOCC5)c(C#N)c4)c3o2)c(O)c1. The van der Waals surface area contributed by atoms with Crippen LogP contribution < -0.4 is 4.74 Å². The zero-order chi connectivity index (χ0) is 23.7. The number of rotatable bonds is 5. The number of pyridine rings is 1. The predicted molar refractivity (Wildman–Crippen MR) is 126 cm³/mol. The van der Waals surface area contributed by atoms with Crippen molar-refractivity contribution < 1.29 is 23.8 Å². The molecule has 2 aromatic heterocycles. The molecule has 5 rings (SSSR count). The number of ether oxygens (including phenoxy) is 2. The van der Waals surface area contributed by atoms with Crippen molar-refractivity contribution >= 4 is 16.9 Å². The van der Waals surface area contributed by atoms with E-state index in [2.05, 4.69) is 11.1 Å². The van der Waals surface area contributed by atoms with Gasteiger partial charge in [0.15, 0.2) is 11.4 Å². The molecule has 1 N–H and O–H groups in total. The van der Waals surface area contributed by atoms with E-state index in [1.54, 1.807) is 30.5 Å². The van der Waals surface area contributed by atoms with Crippen LogP contribution in [0.15, 0.2) is 59.1 Å². The first-order valence-corrected chi connectivity index (χ1v) is 11.1. The number of furan rings is 1. The summed E-state index contributed by atoms with van der Waals surface area (Å²) in [5.74, 6) is 0.809. The molecule has 170 valence electrons. The number of nitrogens with zero attached hydrogens (tertiary/aromatic N) is 2. The first-order valence-electron chi connectivity index (χ1n) is 11.1. The van der Waals surface area contributed by atoms with Gasteiger partial charge in [0.2, 0.25) is 0 Å². The van der Waals surface area contributed by atoms with Crippen molar-refractivity contribution in [2.75, 3.05) is 13.2 Å². The Labute approximate surface area is 196 Å². The van der Waals surface area contributed by atoms with Gasteiger partial charge in [0.1, 0.15) is 34.9 Å². The normalized spacial score (nSPS) is 14.1. The van der Waals surface area contributed by atoms with E-state index in [9.17, 15) is 15.2 Å². The molecule has 0 radical (unpaired) electrons. The Bertz CT molecular complexity index is 1430. The summed E-state index contributed by atoms with van der Waals surface area (Å²) in [6.07, 6.45) is 3.31. The van der Waals surface area contributed by atoms with Gasteiger partial charge in [0.25, 0.3) is 0 Å². The molecular formula is C27H22N2O5. The molecule has 1 aliphatic heterocycles. The Morgan fingerprint density at radius 3 is 2.68 bits per heavy atom. The third-order valence-corrected chi connectivity index (χ3v) is 5.95. The second kappa shape index (κ2) is 9.00. The van der Waals surface area contributed by atoms with Gasteiger partial charge >= 0.3 is 0 Å². The highest BCUT2D eigenvalue weighted by Crippen LogP contribution is 2.38. The molecule has 1 fully saturated rings. The maximum atomic E-state index is 11.6. The topological polar surface area (TPSA) is 106 Å². The van der Waals surface area contributed by atoms with E-state index in [-0.39, 0.29) is 17.6 Å². The molecule has 1 saturated heterocycles. The van der Waals surface area contributed by atoms with Crippen molar-refractivity contribution in [1.82, 2.24) is 4.98 Å². The van der Waals surface area contributed by atoms with Crippen LogP contribution in [-0.2, 0) is 4.74 Å². The summed E-state index contributed by atoms with van der Waals surface area (Å²) >= 11 is 0. The molecular weight excluding hydrogens is 432 g/mol. The highest BCUT2D eigenvalue weighted by Gasteiger charge is 2.19. The van der Waals surface area contributed by atoms with Crippen LogP contribution in [0.3, 0.4) is 0 Å². The molecule has 7 nitrogen and oxygen atoms in total. The molecule has 0 amide bonds. The van der Waals surface area contributed by atoms with Gasteiger partial charge in [0.05, 0.1) is 24.3 Å². The van der Waals surface area contributed by atoms with E-state index in [0.29, 0.717) is 52.5 Å². The molecule has 0 aliphatic carbocycles. The average Bonchev–Trinajstić information content (AvgIpc) is 3.29. The minimum Gasteiger partial charge on any atom is -0.507 e. The zero-order valence-electron chi connectivity index (χ0n) is 18.6. The third kappa shape index (κ3) is 4.12. The number of hydrogen-bond acceptors (Lipinski definition) is 7. The summed E-state index contributed by atoms with van der Waals surface area (Å²) in [6, 6.07) is 16.0. The third-order valence-electron chi connectivity index (χ3n) is 5.95. The largest absolute Gasteiger partial charge is 0.507 e. The monoisotopic (exact) mass is 454 g/mol. The molecule has 0 atom stereocenters. The fraction of sp³-hybridized carbons (Fsp3) is 0.222. The number of nitriles is 1. The number of aromatic nitrogens is 1. The van der Waals surface area contributed by atoms with Gasteiger partial charge < -0.3 is 19.0 Å². The molecule has 7 heteroatoms. The number of fused-ring (bicyclic) bond motifs is 1. The number of aromatic hydroxyl groups is 1. The lowest BCUT2D eigenvalue weighted by Gasteiger charge is -2.23. The second-order valence-corrected chi connectivity index (χ2v) is 8.22.